The number of nitrogens with zero attached hydrogens (tertiary/aromatic N) is 3. The third kappa shape index (κ3) is 5.09. The van der Waals surface area contributed by atoms with Crippen LogP contribution in [-0.4, -0.2) is 27.4 Å². The predicted molar refractivity (Wildman–Crippen MR) is 123 cm³/mol. The van der Waals surface area contributed by atoms with Gasteiger partial charge in [0.1, 0.15) is 0 Å². The molecule has 0 aliphatic heterocycles. The smallest absolute Gasteiger partial charge is 0.250 e. The highest BCUT2D eigenvalue weighted by Crippen LogP contribution is 2.25. The van der Waals surface area contributed by atoms with Crippen LogP contribution in [0, 0.1) is 0 Å². The zero-order chi connectivity index (χ0) is 20.8. The van der Waals surface area contributed by atoms with E-state index in [0.29, 0.717) is 11.6 Å². The van der Waals surface area contributed by atoms with Crippen molar-refractivity contribution in [2.75, 3.05) is 5.75 Å². The lowest BCUT2D eigenvalue weighted by Gasteiger charge is -2.09. The summed E-state index contributed by atoms with van der Waals surface area (Å²) in [5.41, 5.74) is 6.56. The average molecular weight is 435 g/mol. The molecule has 1 aromatic heterocycles. The maximum atomic E-state index is 12.2. The van der Waals surface area contributed by atoms with E-state index in [1.54, 1.807) is 18.3 Å². The molecule has 30 heavy (non-hydrogen) atoms. The molecule has 4 rings (SSSR count). The number of hydrogen-bond acceptors (Lipinski definition) is 4. The van der Waals surface area contributed by atoms with Gasteiger partial charge in [0, 0.05) is 5.02 Å². The number of aromatic nitrogens is 2. The zero-order valence-corrected chi connectivity index (χ0v) is 17.6. The average Bonchev–Trinajstić information content (AvgIpc) is 3.12. The van der Waals surface area contributed by atoms with Crippen molar-refractivity contribution in [1.29, 1.82) is 0 Å². The monoisotopic (exact) mass is 434 g/mol. The summed E-state index contributed by atoms with van der Waals surface area (Å²) in [4.78, 5) is 17.0. The number of thioether (sulfide) groups is 1. The number of imidazole rings is 1. The standard InChI is InChI=1S/C23H19ClN4OS/c24-19-12-10-17(11-13-19)14-25-27-22(29)16-30-23-26-20-8-4-5-9-21(20)28(23)15-18-6-2-1-3-7-18/h1-14H,15-16H2,(H,27,29)/b25-14+. The second-order valence-electron chi connectivity index (χ2n) is 6.59. The third-order valence-electron chi connectivity index (χ3n) is 4.41. The number of amides is 1. The number of hydrazone groups is 1. The van der Waals surface area contributed by atoms with Gasteiger partial charge in [0.15, 0.2) is 5.16 Å². The normalized spacial score (nSPS) is 11.2. The van der Waals surface area contributed by atoms with Gasteiger partial charge in [-0.15, -0.1) is 0 Å². The van der Waals surface area contributed by atoms with Gasteiger partial charge in [-0.25, -0.2) is 10.4 Å². The van der Waals surface area contributed by atoms with Crippen molar-refractivity contribution in [3.8, 4) is 0 Å². The SMILES string of the molecule is O=C(CSc1nc2ccccc2n1Cc1ccccc1)N/N=C/c1ccc(Cl)cc1. The van der Waals surface area contributed by atoms with Gasteiger partial charge in [0.05, 0.1) is 29.5 Å². The molecule has 0 spiro atoms. The number of rotatable bonds is 7. The molecule has 0 fully saturated rings. The molecule has 150 valence electrons. The molecule has 0 saturated heterocycles. The van der Waals surface area contributed by atoms with E-state index in [-0.39, 0.29) is 11.7 Å². The van der Waals surface area contributed by atoms with Crippen LogP contribution in [0.2, 0.25) is 5.02 Å². The minimum absolute atomic E-state index is 0.191. The van der Waals surface area contributed by atoms with Gasteiger partial charge >= 0.3 is 0 Å². The third-order valence-corrected chi connectivity index (χ3v) is 5.64. The maximum absolute atomic E-state index is 12.2. The van der Waals surface area contributed by atoms with Gasteiger partial charge in [-0.2, -0.15) is 5.10 Å². The molecule has 4 aromatic rings. The molecule has 7 heteroatoms. The van der Waals surface area contributed by atoms with E-state index in [2.05, 4.69) is 27.2 Å². The van der Waals surface area contributed by atoms with Crippen LogP contribution in [-0.2, 0) is 11.3 Å². The molecule has 0 saturated carbocycles. The number of fused-ring (bicyclic) bond motifs is 1. The van der Waals surface area contributed by atoms with Crippen molar-refractivity contribution < 1.29 is 4.79 Å². The Labute approximate surface area is 183 Å². The second kappa shape index (κ2) is 9.61. The summed E-state index contributed by atoms with van der Waals surface area (Å²) >= 11 is 7.26. The number of hydrogen-bond donors (Lipinski definition) is 1. The zero-order valence-electron chi connectivity index (χ0n) is 16.0. The summed E-state index contributed by atoms with van der Waals surface area (Å²) in [5.74, 6) is 0.0271. The Morgan fingerprint density at radius 1 is 1.03 bits per heavy atom. The Morgan fingerprint density at radius 3 is 2.57 bits per heavy atom. The van der Waals surface area contributed by atoms with Crippen molar-refractivity contribution >= 4 is 46.5 Å². The molecule has 0 aliphatic rings. The minimum Gasteiger partial charge on any atom is -0.314 e. The van der Waals surface area contributed by atoms with Crippen molar-refractivity contribution in [3.05, 3.63) is 95.0 Å². The fourth-order valence-electron chi connectivity index (χ4n) is 2.97. The van der Waals surface area contributed by atoms with Crippen molar-refractivity contribution in [2.24, 2.45) is 5.10 Å². The molecule has 0 bridgehead atoms. The number of nitrogens with one attached hydrogen (secondary N) is 1. The number of halogens is 1. The van der Waals surface area contributed by atoms with Gasteiger partial charge < -0.3 is 4.57 Å². The second-order valence-corrected chi connectivity index (χ2v) is 7.97. The Balaban J connectivity index is 1.43. The molecule has 0 radical (unpaired) electrons. The van der Waals surface area contributed by atoms with Crippen molar-refractivity contribution in [1.82, 2.24) is 15.0 Å². The van der Waals surface area contributed by atoms with Gasteiger partial charge in [-0.1, -0.05) is 78.0 Å². The molecule has 1 amide bonds. The van der Waals surface area contributed by atoms with Crippen LogP contribution in [0.4, 0.5) is 0 Å². The highest BCUT2D eigenvalue weighted by molar-refractivity contribution is 7.99. The molecule has 5 nitrogen and oxygen atoms in total. The first-order chi connectivity index (χ1) is 14.7. The topological polar surface area (TPSA) is 59.3 Å². The maximum Gasteiger partial charge on any atom is 0.250 e. The van der Waals surface area contributed by atoms with Crippen LogP contribution in [0.25, 0.3) is 11.0 Å². The highest BCUT2D eigenvalue weighted by Gasteiger charge is 2.13. The van der Waals surface area contributed by atoms with Gasteiger partial charge in [0.25, 0.3) is 5.91 Å². The fraction of sp³-hybridized carbons (Fsp3) is 0.0870. The molecule has 1 N–H and O–H groups in total. The number of carbonyl (C=O) groups is 1. The van der Waals surface area contributed by atoms with Crippen LogP contribution >= 0.6 is 23.4 Å². The Morgan fingerprint density at radius 2 is 1.77 bits per heavy atom. The summed E-state index contributed by atoms with van der Waals surface area (Å²) in [5, 5.41) is 5.47. The van der Waals surface area contributed by atoms with Crippen molar-refractivity contribution in [3.63, 3.8) is 0 Å². The first-order valence-electron chi connectivity index (χ1n) is 9.38. The summed E-state index contributed by atoms with van der Waals surface area (Å²) in [7, 11) is 0. The lowest BCUT2D eigenvalue weighted by Crippen LogP contribution is -2.20. The first-order valence-corrected chi connectivity index (χ1v) is 10.7. The fourth-order valence-corrected chi connectivity index (χ4v) is 3.90. The van der Waals surface area contributed by atoms with Crippen LogP contribution in [0.5, 0.6) is 0 Å². The van der Waals surface area contributed by atoms with E-state index in [0.717, 1.165) is 21.8 Å². The first kappa shape index (κ1) is 20.2. The van der Waals surface area contributed by atoms with Gasteiger partial charge in [-0.05, 0) is 35.4 Å². The molecule has 0 aliphatic carbocycles. The molecule has 0 unspecified atom stereocenters. The Bertz CT molecular complexity index is 1170. The number of para-hydroxylation sites is 2. The predicted octanol–water partition coefficient (Wildman–Crippen LogP) is 4.98. The van der Waals surface area contributed by atoms with E-state index < -0.39 is 0 Å². The lowest BCUT2D eigenvalue weighted by atomic mass is 10.2. The van der Waals surface area contributed by atoms with E-state index in [4.69, 9.17) is 16.6 Å². The molecule has 0 atom stereocenters. The molecular weight excluding hydrogens is 416 g/mol. The highest BCUT2D eigenvalue weighted by atomic mass is 35.5. The van der Waals surface area contributed by atoms with Crippen molar-refractivity contribution in [2.45, 2.75) is 11.7 Å². The molecular formula is C23H19ClN4OS. The summed E-state index contributed by atoms with van der Waals surface area (Å²) in [6.45, 7) is 0.694. The van der Waals surface area contributed by atoms with E-state index >= 15 is 0 Å². The van der Waals surface area contributed by atoms with E-state index in [1.165, 1.54) is 17.3 Å². The van der Waals surface area contributed by atoms with E-state index in [9.17, 15) is 4.79 Å². The summed E-state index contributed by atoms with van der Waals surface area (Å²) in [6, 6.07) is 25.4. The Hall–Kier alpha value is -3.09. The van der Waals surface area contributed by atoms with Crippen LogP contribution in [0.15, 0.2) is 89.1 Å². The minimum atomic E-state index is -0.191. The quantitative estimate of drug-likeness (QED) is 0.253. The largest absolute Gasteiger partial charge is 0.314 e. The Kier molecular flexibility index (Phi) is 6.47. The lowest BCUT2D eigenvalue weighted by molar-refractivity contribution is -0.118. The number of carbonyl (C=O) groups excluding carboxylic acids is 1. The van der Waals surface area contributed by atoms with Crippen LogP contribution in [0.3, 0.4) is 0 Å². The van der Waals surface area contributed by atoms with Gasteiger partial charge in [0.2, 0.25) is 0 Å². The summed E-state index contributed by atoms with van der Waals surface area (Å²) in [6.07, 6.45) is 1.59. The molecule has 3 aromatic carbocycles. The summed E-state index contributed by atoms with van der Waals surface area (Å²) < 4.78 is 2.14. The van der Waals surface area contributed by atoms with Crippen LogP contribution < -0.4 is 5.43 Å². The molecule has 1 heterocycles. The van der Waals surface area contributed by atoms with E-state index in [1.807, 2.05) is 54.6 Å². The van der Waals surface area contributed by atoms with Crippen LogP contribution in [0.1, 0.15) is 11.1 Å². The van der Waals surface area contributed by atoms with Gasteiger partial charge in [-0.3, -0.25) is 4.79 Å². The number of benzene rings is 3.